The average Bonchev–Trinajstić information content (AvgIpc) is 2.40. The van der Waals surface area contributed by atoms with Crippen molar-refractivity contribution in [3.05, 3.63) is 35.4 Å². The zero-order valence-electron chi connectivity index (χ0n) is 12.3. The number of amides is 2. The summed E-state index contributed by atoms with van der Waals surface area (Å²) < 4.78 is 4.76. The van der Waals surface area contributed by atoms with E-state index in [2.05, 4.69) is 5.32 Å². The SMILES string of the molecule is CCOC(=O)NCCN(Cc1ccc(C)cc1)C(C)=O. The van der Waals surface area contributed by atoms with Gasteiger partial charge in [-0.1, -0.05) is 29.8 Å². The molecule has 0 spiro atoms. The van der Waals surface area contributed by atoms with Gasteiger partial charge < -0.3 is 15.0 Å². The van der Waals surface area contributed by atoms with Crippen molar-refractivity contribution >= 4 is 12.0 Å². The van der Waals surface area contributed by atoms with E-state index >= 15 is 0 Å². The minimum atomic E-state index is -0.452. The molecule has 1 aromatic carbocycles. The number of aryl methyl sites for hydroxylation is 1. The molecule has 2 amide bonds. The van der Waals surface area contributed by atoms with E-state index in [0.717, 1.165) is 5.56 Å². The van der Waals surface area contributed by atoms with Crippen molar-refractivity contribution in [1.82, 2.24) is 10.2 Å². The fourth-order valence-electron chi connectivity index (χ4n) is 1.74. The number of carbonyl (C=O) groups is 2. The molecule has 0 aromatic heterocycles. The lowest BCUT2D eigenvalue weighted by molar-refractivity contribution is -0.129. The molecule has 0 atom stereocenters. The van der Waals surface area contributed by atoms with E-state index in [-0.39, 0.29) is 5.91 Å². The number of hydrogen-bond acceptors (Lipinski definition) is 3. The third-order valence-electron chi connectivity index (χ3n) is 2.87. The maximum Gasteiger partial charge on any atom is 0.407 e. The van der Waals surface area contributed by atoms with Crippen molar-refractivity contribution in [1.29, 1.82) is 0 Å². The molecular formula is C15H22N2O3. The van der Waals surface area contributed by atoms with E-state index < -0.39 is 6.09 Å². The fraction of sp³-hybridized carbons (Fsp3) is 0.467. The summed E-state index contributed by atoms with van der Waals surface area (Å²) in [5.41, 5.74) is 2.26. The van der Waals surface area contributed by atoms with Crippen LogP contribution in [0.4, 0.5) is 4.79 Å². The highest BCUT2D eigenvalue weighted by molar-refractivity contribution is 5.73. The smallest absolute Gasteiger partial charge is 0.407 e. The summed E-state index contributed by atoms with van der Waals surface area (Å²) in [7, 11) is 0. The molecule has 20 heavy (non-hydrogen) atoms. The molecule has 0 aliphatic heterocycles. The highest BCUT2D eigenvalue weighted by Gasteiger charge is 2.10. The molecule has 0 unspecified atom stereocenters. The standard InChI is InChI=1S/C15H22N2O3/c1-4-20-15(19)16-9-10-17(13(3)18)11-14-7-5-12(2)6-8-14/h5-8H,4,9-11H2,1-3H3,(H,16,19). The van der Waals surface area contributed by atoms with Crippen molar-refractivity contribution in [3.8, 4) is 0 Å². The van der Waals surface area contributed by atoms with Crippen LogP contribution in [0, 0.1) is 6.92 Å². The second-order valence-electron chi connectivity index (χ2n) is 4.57. The van der Waals surface area contributed by atoms with Gasteiger partial charge in [-0.05, 0) is 19.4 Å². The first kappa shape index (κ1) is 16.0. The molecule has 0 saturated carbocycles. The van der Waals surface area contributed by atoms with Gasteiger partial charge in [0.1, 0.15) is 0 Å². The lowest BCUT2D eigenvalue weighted by Gasteiger charge is -2.21. The Hall–Kier alpha value is -2.04. The molecule has 1 N–H and O–H groups in total. The van der Waals surface area contributed by atoms with Crippen molar-refractivity contribution in [2.45, 2.75) is 27.3 Å². The lowest BCUT2D eigenvalue weighted by Crippen LogP contribution is -2.37. The lowest BCUT2D eigenvalue weighted by atomic mass is 10.1. The van der Waals surface area contributed by atoms with Gasteiger partial charge >= 0.3 is 6.09 Å². The Kier molecular flexibility index (Phi) is 6.56. The molecular weight excluding hydrogens is 256 g/mol. The number of hydrogen-bond donors (Lipinski definition) is 1. The summed E-state index contributed by atoms with van der Waals surface area (Å²) in [6, 6.07) is 8.04. The third-order valence-corrected chi connectivity index (χ3v) is 2.87. The van der Waals surface area contributed by atoms with Crippen LogP contribution in [0.2, 0.25) is 0 Å². The molecule has 5 heteroatoms. The Labute approximate surface area is 119 Å². The van der Waals surface area contributed by atoms with E-state index in [9.17, 15) is 9.59 Å². The maximum atomic E-state index is 11.6. The van der Waals surface area contributed by atoms with Crippen LogP contribution in [0.5, 0.6) is 0 Å². The predicted octanol–water partition coefficient (Wildman–Crippen LogP) is 2.09. The Morgan fingerprint density at radius 2 is 1.90 bits per heavy atom. The number of alkyl carbamates (subject to hydrolysis) is 1. The fourth-order valence-corrected chi connectivity index (χ4v) is 1.74. The first-order chi connectivity index (χ1) is 9.52. The van der Waals surface area contributed by atoms with Gasteiger partial charge in [-0.3, -0.25) is 4.79 Å². The van der Waals surface area contributed by atoms with Crippen LogP contribution in [0.25, 0.3) is 0 Å². The predicted molar refractivity (Wildman–Crippen MR) is 77.3 cm³/mol. The zero-order chi connectivity index (χ0) is 15.0. The van der Waals surface area contributed by atoms with Crippen molar-refractivity contribution in [2.24, 2.45) is 0 Å². The van der Waals surface area contributed by atoms with Gasteiger partial charge in [-0.25, -0.2) is 4.79 Å². The number of rotatable bonds is 6. The molecule has 0 saturated heterocycles. The van der Waals surface area contributed by atoms with Gasteiger partial charge in [0.25, 0.3) is 0 Å². The van der Waals surface area contributed by atoms with Crippen molar-refractivity contribution < 1.29 is 14.3 Å². The van der Waals surface area contributed by atoms with E-state index in [4.69, 9.17) is 4.74 Å². The monoisotopic (exact) mass is 278 g/mol. The molecule has 0 radical (unpaired) electrons. The Morgan fingerprint density at radius 1 is 1.25 bits per heavy atom. The van der Waals surface area contributed by atoms with Crippen LogP contribution in [0.15, 0.2) is 24.3 Å². The number of carbonyl (C=O) groups excluding carboxylic acids is 2. The minimum Gasteiger partial charge on any atom is -0.450 e. The molecule has 5 nitrogen and oxygen atoms in total. The van der Waals surface area contributed by atoms with E-state index in [1.165, 1.54) is 12.5 Å². The highest BCUT2D eigenvalue weighted by atomic mass is 16.5. The summed E-state index contributed by atoms with van der Waals surface area (Å²) in [5.74, 6) is -0.0174. The highest BCUT2D eigenvalue weighted by Crippen LogP contribution is 2.07. The van der Waals surface area contributed by atoms with Crippen LogP contribution in [-0.4, -0.2) is 36.6 Å². The van der Waals surface area contributed by atoms with Crippen LogP contribution in [-0.2, 0) is 16.1 Å². The summed E-state index contributed by atoms with van der Waals surface area (Å²) in [4.78, 5) is 24.4. The van der Waals surface area contributed by atoms with E-state index in [1.54, 1.807) is 11.8 Å². The average molecular weight is 278 g/mol. The van der Waals surface area contributed by atoms with Gasteiger partial charge in [-0.2, -0.15) is 0 Å². The van der Waals surface area contributed by atoms with Crippen LogP contribution >= 0.6 is 0 Å². The first-order valence-electron chi connectivity index (χ1n) is 6.74. The van der Waals surface area contributed by atoms with E-state index in [1.807, 2.05) is 31.2 Å². The van der Waals surface area contributed by atoms with Gasteiger partial charge in [0, 0.05) is 26.6 Å². The normalized spacial score (nSPS) is 9.95. The molecule has 0 aliphatic carbocycles. The zero-order valence-corrected chi connectivity index (χ0v) is 12.3. The van der Waals surface area contributed by atoms with E-state index in [0.29, 0.717) is 26.2 Å². The molecule has 0 heterocycles. The molecule has 0 aliphatic rings. The Balaban J connectivity index is 2.46. The Bertz CT molecular complexity index is 443. The number of benzene rings is 1. The third kappa shape index (κ3) is 5.73. The molecule has 0 fully saturated rings. The van der Waals surface area contributed by atoms with Crippen LogP contribution in [0.3, 0.4) is 0 Å². The maximum absolute atomic E-state index is 11.6. The van der Waals surface area contributed by atoms with Gasteiger partial charge in [0.05, 0.1) is 6.61 Å². The number of nitrogens with one attached hydrogen (secondary N) is 1. The topological polar surface area (TPSA) is 58.6 Å². The molecule has 1 rings (SSSR count). The number of nitrogens with zero attached hydrogens (tertiary/aromatic N) is 1. The largest absolute Gasteiger partial charge is 0.450 e. The summed E-state index contributed by atoms with van der Waals surface area (Å²) in [5, 5.41) is 2.61. The second-order valence-corrected chi connectivity index (χ2v) is 4.57. The van der Waals surface area contributed by atoms with Crippen LogP contribution < -0.4 is 5.32 Å². The first-order valence-corrected chi connectivity index (χ1v) is 6.74. The summed E-state index contributed by atoms with van der Waals surface area (Å²) in [6.45, 7) is 7.02. The summed E-state index contributed by atoms with van der Waals surface area (Å²) >= 11 is 0. The summed E-state index contributed by atoms with van der Waals surface area (Å²) in [6.07, 6.45) is -0.452. The van der Waals surface area contributed by atoms with Crippen molar-refractivity contribution in [2.75, 3.05) is 19.7 Å². The van der Waals surface area contributed by atoms with Gasteiger partial charge in [-0.15, -0.1) is 0 Å². The Morgan fingerprint density at radius 3 is 2.45 bits per heavy atom. The molecule has 0 bridgehead atoms. The van der Waals surface area contributed by atoms with Gasteiger partial charge in [0.2, 0.25) is 5.91 Å². The number of ether oxygens (including phenoxy) is 1. The van der Waals surface area contributed by atoms with Crippen molar-refractivity contribution in [3.63, 3.8) is 0 Å². The van der Waals surface area contributed by atoms with Gasteiger partial charge in [0.15, 0.2) is 0 Å². The minimum absolute atomic E-state index is 0.0174. The molecule has 110 valence electrons. The quantitative estimate of drug-likeness (QED) is 0.867. The molecule has 1 aromatic rings. The second kappa shape index (κ2) is 8.19. The van der Waals surface area contributed by atoms with Crippen LogP contribution in [0.1, 0.15) is 25.0 Å².